The van der Waals surface area contributed by atoms with Crippen LogP contribution >= 0.6 is 0 Å². The van der Waals surface area contributed by atoms with E-state index in [4.69, 9.17) is 9.15 Å². The lowest BCUT2D eigenvalue weighted by Crippen LogP contribution is -2.14. The highest BCUT2D eigenvalue weighted by Crippen LogP contribution is 2.25. The first-order valence-corrected chi connectivity index (χ1v) is 10.9. The van der Waals surface area contributed by atoms with Gasteiger partial charge in [-0.1, -0.05) is 36.8 Å². The van der Waals surface area contributed by atoms with E-state index >= 15 is 0 Å². The van der Waals surface area contributed by atoms with Crippen LogP contribution in [-0.2, 0) is 19.6 Å². The molecular weight excluding hydrogens is 404 g/mol. The van der Waals surface area contributed by atoms with Crippen LogP contribution in [0.4, 0.5) is 5.69 Å². The van der Waals surface area contributed by atoms with Crippen molar-refractivity contribution in [2.45, 2.75) is 38.8 Å². The van der Waals surface area contributed by atoms with Crippen LogP contribution in [0.3, 0.4) is 0 Å². The van der Waals surface area contributed by atoms with Crippen LogP contribution < -0.4 is 10.1 Å². The van der Waals surface area contributed by atoms with Gasteiger partial charge in [0.25, 0.3) is 5.91 Å². The van der Waals surface area contributed by atoms with Crippen LogP contribution in [0.25, 0.3) is 11.4 Å². The van der Waals surface area contributed by atoms with Gasteiger partial charge in [-0.3, -0.25) is 4.79 Å². The normalized spacial score (nSPS) is 13.2. The smallest absolute Gasteiger partial charge is 0.291 e. The zero-order valence-electron chi connectivity index (χ0n) is 17.7. The molecule has 2 aromatic heterocycles. The lowest BCUT2D eigenvalue weighted by molar-refractivity contribution is 0.0993. The number of carbonyl (C=O) groups excluding carboxylic acids is 1. The topological polar surface area (TPSA) is 82.2 Å². The molecule has 0 atom stereocenters. The molecule has 0 spiro atoms. The van der Waals surface area contributed by atoms with Crippen molar-refractivity contribution in [2.24, 2.45) is 0 Å². The Hall–Kier alpha value is -3.87. The molecular formula is C25H24N4O3. The molecule has 1 aliphatic heterocycles. The second-order valence-electron chi connectivity index (χ2n) is 7.81. The maximum Gasteiger partial charge on any atom is 0.291 e. The third-order valence-electron chi connectivity index (χ3n) is 5.58. The molecule has 3 heterocycles. The molecule has 0 unspecified atom stereocenters. The number of carbonyl (C=O) groups is 1. The fourth-order valence-corrected chi connectivity index (χ4v) is 3.95. The molecule has 7 nitrogen and oxygen atoms in total. The van der Waals surface area contributed by atoms with Crippen molar-refractivity contribution in [3.05, 3.63) is 84.1 Å². The van der Waals surface area contributed by atoms with Gasteiger partial charge < -0.3 is 19.0 Å². The second-order valence-corrected chi connectivity index (χ2v) is 7.81. The van der Waals surface area contributed by atoms with Crippen molar-refractivity contribution >= 4 is 11.6 Å². The van der Waals surface area contributed by atoms with Crippen LogP contribution in [0.5, 0.6) is 5.75 Å². The lowest BCUT2D eigenvalue weighted by Gasteiger charge is -2.10. The predicted molar refractivity (Wildman–Crippen MR) is 120 cm³/mol. The standard InChI is InChI=1S/C25H24N4O3/c30-25(23-19(13-15-31-23)17-32-21-10-3-1-4-11-21)26-20-9-7-8-18(16-20)24-28-27-22-12-5-2-6-14-29(22)24/h1,3-4,7-11,13,15-16H,2,5-6,12,14,17H2,(H,26,30). The van der Waals surface area contributed by atoms with Crippen molar-refractivity contribution in [1.82, 2.24) is 14.8 Å². The average molecular weight is 428 g/mol. The average Bonchev–Trinajstić information content (AvgIpc) is 3.39. The highest BCUT2D eigenvalue weighted by molar-refractivity contribution is 6.03. The summed E-state index contributed by atoms with van der Waals surface area (Å²) >= 11 is 0. The van der Waals surface area contributed by atoms with Gasteiger partial charge in [0.1, 0.15) is 18.2 Å². The zero-order valence-corrected chi connectivity index (χ0v) is 17.7. The molecule has 2 aromatic carbocycles. The van der Waals surface area contributed by atoms with Gasteiger partial charge in [0.2, 0.25) is 0 Å². The van der Waals surface area contributed by atoms with Gasteiger partial charge in [0, 0.05) is 29.8 Å². The number of rotatable bonds is 6. The minimum absolute atomic E-state index is 0.239. The minimum Gasteiger partial charge on any atom is -0.489 e. The fourth-order valence-electron chi connectivity index (χ4n) is 3.95. The summed E-state index contributed by atoms with van der Waals surface area (Å²) in [6.45, 7) is 1.17. The Morgan fingerprint density at radius 1 is 1.03 bits per heavy atom. The number of fused-ring (bicyclic) bond motifs is 1. The molecule has 0 saturated carbocycles. The third-order valence-corrected chi connectivity index (χ3v) is 5.58. The third kappa shape index (κ3) is 4.27. The van der Waals surface area contributed by atoms with Crippen LogP contribution in [0.2, 0.25) is 0 Å². The molecule has 7 heteroatoms. The summed E-state index contributed by atoms with van der Waals surface area (Å²) in [5.74, 6) is 2.53. The summed E-state index contributed by atoms with van der Waals surface area (Å²) in [7, 11) is 0. The molecule has 0 aliphatic carbocycles. The molecule has 162 valence electrons. The SMILES string of the molecule is O=C(Nc1cccc(-c2nnc3n2CCCCC3)c1)c1occc1COc1ccccc1. The second kappa shape index (κ2) is 9.09. The van der Waals surface area contributed by atoms with E-state index in [0.29, 0.717) is 11.3 Å². The highest BCUT2D eigenvalue weighted by atomic mass is 16.5. The molecule has 0 bridgehead atoms. The summed E-state index contributed by atoms with van der Waals surface area (Å²) in [6.07, 6.45) is 5.93. The number of furan rings is 1. The van der Waals surface area contributed by atoms with Crippen LogP contribution in [0.1, 0.15) is 41.2 Å². The molecule has 5 rings (SSSR count). The largest absolute Gasteiger partial charge is 0.489 e. The molecule has 4 aromatic rings. The van der Waals surface area contributed by atoms with Crippen molar-refractivity contribution in [3.63, 3.8) is 0 Å². The Morgan fingerprint density at radius 3 is 2.84 bits per heavy atom. The number of anilines is 1. The van der Waals surface area contributed by atoms with Gasteiger partial charge >= 0.3 is 0 Å². The van der Waals surface area contributed by atoms with Gasteiger partial charge in [-0.25, -0.2) is 0 Å². The number of aromatic nitrogens is 3. The Kier molecular flexibility index (Phi) is 5.70. The van der Waals surface area contributed by atoms with E-state index in [-0.39, 0.29) is 18.3 Å². The van der Waals surface area contributed by atoms with Gasteiger partial charge in [0.15, 0.2) is 11.6 Å². The first-order valence-electron chi connectivity index (χ1n) is 10.9. The summed E-state index contributed by atoms with van der Waals surface area (Å²) in [4.78, 5) is 12.9. The van der Waals surface area contributed by atoms with E-state index < -0.39 is 0 Å². The van der Waals surface area contributed by atoms with Crippen molar-refractivity contribution in [2.75, 3.05) is 5.32 Å². The monoisotopic (exact) mass is 428 g/mol. The summed E-state index contributed by atoms with van der Waals surface area (Å²) in [5.41, 5.74) is 2.28. The highest BCUT2D eigenvalue weighted by Gasteiger charge is 2.18. The van der Waals surface area contributed by atoms with Gasteiger partial charge in [-0.15, -0.1) is 10.2 Å². The van der Waals surface area contributed by atoms with E-state index in [1.165, 1.54) is 12.7 Å². The number of amides is 1. The Morgan fingerprint density at radius 2 is 1.94 bits per heavy atom. The first kappa shape index (κ1) is 20.1. The van der Waals surface area contributed by atoms with Crippen LogP contribution in [0.15, 0.2) is 71.3 Å². The number of aryl methyl sites for hydroxylation is 1. The summed E-state index contributed by atoms with van der Waals surface area (Å²) in [6, 6.07) is 18.9. The number of benzene rings is 2. The quantitative estimate of drug-likeness (QED) is 0.462. The zero-order chi connectivity index (χ0) is 21.8. The van der Waals surface area contributed by atoms with Crippen molar-refractivity contribution in [1.29, 1.82) is 0 Å². The van der Waals surface area contributed by atoms with Crippen LogP contribution in [-0.4, -0.2) is 20.7 Å². The number of nitrogens with one attached hydrogen (secondary N) is 1. The molecule has 1 N–H and O–H groups in total. The number of hydrogen-bond acceptors (Lipinski definition) is 5. The van der Waals surface area contributed by atoms with E-state index in [1.54, 1.807) is 6.07 Å². The maximum absolute atomic E-state index is 12.9. The molecule has 1 aliphatic rings. The fraction of sp³-hybridized carbons (Fsp3) is 0.240. The summed E-state index contributed by atoms with van der Waals surface area (Å²) in [5, 5.41) is 11.7. The van der Waals surface area contributed by atoms with Crippen molar-refractivity contribution < 1.29 is 13.9 Å². The molecule has 32 heavy (non-hydrogen) atoms. The van der Waals surface area contributed by atoms with Gasteiger partial charge in [-0.05, 0) is 43.2 Å². The number of hydrogen-bond donors (Lipinski definition) is 1. The van der Waals surface area contributed by atoms with Gasteiger partial charge in [0.05, 0.1) is 6.26 Å². The van der Waals surface area contributed by atoms with Gasteiger partial charge in [-0.2, -0.15) is 0 Å². The Balaban J connectivity index is 1.31. The maximum atomic E-state index is 12.9. The van der Waals surface area contributed by atoms with Crippen molar-refractivity contribution in [3.8, 4) is 17.1 Å². The van der Waals surface area contributed by atoms with E-state index in [2.05, 4.69) is 20.1 Å². The predicted octanol–water partition coefficient (Wildman–Crippen LogP) is 5.10. The molecule has 0 radical (unpaired) electrons. The molecule has 0 saturated heterocycles. The first-order chi connectivity index (χ1) is 15.8. The summed E-state index contributed by atoms with van der Waals surface area (Å²) < 4.78 is 13.4. The number of nitrogens with zero attached hydrogens (tertiary/aromatic N) is 3. The number of ether oxygens (including phenoxy) is 1. The minimum atomic E-state index is -0.320. The molecule has 0 fully saturated rings. The Labute approximate surface area is 186 Å². The molecule has 1 amide bonds. The van der Waals surface area contributed by atoms with E-state index in [9.17, 15) is 4.79 Å². The Bertz CT molecular complexity index is 1210. The van der Waals surface area contributed by atoms with E-state index in [1.807, 2.05) is 54.6 Å². The van der Waals surface area contributed by atoms with E-state index in [0.717, 1.165) is 48.8 Å². The van der Waals surface area contributed by atoms with Crippen LogP contribution in [0, 0.1) is 0 Å². The lowest BCUT2D eigenvalue weighted by atomic mass is 10.1. The number of para-hydroxylation sites is 1.